The van der Waals surface area contributed by atoms with Crippen LogP contribution in [0.5, 0.6) is 0 Å². The molecule has 5 unspecified atom stereocenters. The fourth-order valence-electron chi connectivity index (χ4n) is 10.1. The molecule has 0 aromatic heterocycles. The van der Waals surface area contributed by atoms with E-state index >= 15 is 0 Å². The second kappa shape index (κ2) is 16.9. The van der Waals surface area contributed by atoms with Crippen molar-refractivity contribution in [3.63, 3.8) is 0 Å². The molecule has 5 atom stereocenters. The molecule has 0 radical (unpaired) electrons. The largest absolute Gasteiger partial charge is 0.393 e. The number of rotatable bonds is 8. The third kappa shape index (κ3) is 8.46. The standard InChI is InChI=1S/C49H60N2O4/c1-34-14-13-28-48(3)45(43-26-24-36(30-41(52)25-23-34)31-44(43)46(53)39-18-8-5-9-19-39)27-29-49(48,55)33-51(47(54)50-35(2)37-15-6-4-7-16-37)32-40-21-12-20-38-17-10-11-22-42(38)40/h4,6-7,10-12,14-17,20-22,24,26,31,35,39,41,45,52,55H,5,8-9,13,18-19,23,25,27-30,32-33H2,1-3H3,(H,50,54). The monoisotopic (exact) mass is 740 g/mol. The maximum Gasteiger partial charge on any atom is 0.318 e. The van der Waals surface area contributed by atoms with Gasteiger partial charge in [-0.1, -0.05) is 123 Å². The molecular formula is C49H60N2O4. The summed E-state index contributed by atoms with van der Waals surface area (Å²) in [6.45, 7) is 6.87. The average molecular weight is 741 g/mol. The van der Waals surface area contributed by atoms with Gasteiger partial charge in [-0.25, -0.2) is 4.79 Å². The number of carbonyl (C=O) groups excluding carboxylic acids is 2. The van der Waals surface area contributed by atoms with Crippen LogP contribution in [0, 0.1) is 11.3 Å². The van der Waals surface area contributed by atoms with Gasteiger partial charge >= 0.3 is 6.03 Å². The Morgan fingerprint density at radius 3 is 2.44 bits per heavy atom. The lowest BCUT2D eigenvalue weighted by atomic mass is 9.64. The van der Waals surface area contributed by atoms with Gasteiger partial charge in [-0.15, -0.1) is 0 Å². The number of aliphatic hydroxyl groups excluding tert-OH is 1. The second-order valence-corrected chi connectivity index (χ2v) is 17.2. The molecule has 4 aliphatic rings. The summed E-state index contributed by atoms with van der Waals surface area (Å²) >= 11 is 0. The van der Waals surface area contributed by atoms with Crippen LogP contribution in [-0.2, 0) is 13.0 Å². The number of aliphatic hydroxyl groups is 2. The van der Waals surface area contributed by atoms with E-state index in [4.69, 9.17) is 0 Å². The van der Waals surface area contributed by atoms with E-state index in [-0.39, 0.29) is 36.2 Å². The molecule has 6 nitrogen and oxygen atoms in total. The van der Waals surface area contributed by atoms with Crippen LogP contribution in [-0.4, -0.2) is 45.2 Å². The number of hydrogen-bond donors (Lipinski definition) is 3. The van der Waals surface area contributed by atoms with Crippen molar-refractivity contribution in [2.24, 2.45) is 11.3 Å². The SMILES string of the molecule is CC1=CCCC2(C)C(CCC2(O)CN(Cc2cccc3ccccc23)C(=O)NC(C)c2ccccc2)c2ccc(cc2C(=O)C2CCCCC2)CC(O)CC1. The number of hydrogen-bond acceptors (Lipinski definition) is 4. The fourth-order valence-corrected chi connectivity index (χ4v) is 10.1. The summed E-state index contributed by atoms with van der Waals surface area (Å²) in [5, 5.41) is 29.8. The van der Waals surface area contributed by atoms with Crippen LogP contribution in [0.1, 0.15) is 136 Å². The highest BCUT2D eigenvalue weighted by Crippen LogP contribution is 2.59. The van der Waals surface area contributed by atoms with Crippen molar-refractivity contribution in [1.29, 1.82) is 0 Å². The highest BCUT2D eigenvalue weighted by Gasteiger charge is 2.57. The number of benzene rings is 4. The molecule has 0 heterocycles. The molecule has 4 aliphatic carbocycles. The number of ketones is 1. The molecule has 2 fully saturated rings. The van der Waals surface area contributed by atoms with Crippen LogP contribution >= 0.6 is 0 Å². The normalized spacial score (nSPS) is 25.4. The van der Waals surface area contributed by atoms with E-state index in [9.17, 15) is 19.8 Å². The van der Waals surface area contributed by atoms with Gasteiger partial charge in [0.15, 0.2) is 5.78 Å². The van der Waals surface area contributed by atoms with Crippen molar-refractivity contribution in [2.45, 2.75) is 128 Å². The van der Waals surface area contributed by atoms with E-state index in [1.54, 1.807) is 0 Å². The smallest absolute Gasteiger partial charge is 0.318 e. The fraction of sp³-hybridized carbons (Fsp3) is 0.469. The molecule has 2 bridgehead atoms. The van der Waals surface area contributed by atoms with Crippen LogP contribution in [0.4, 0.5) is 4.79 Å². The zero-order valence-corrected chi connectivity index (χ0v) is 33.1. The van der Waals surface area contributed by atoms with Crippen LogP contribution in [0.25, 0.3) is 10.8 Å². The van der Waals surface area contributed by atoms with Crippen LogP contribution in [0.15, 0.2) is 103 Å². The first-order valence-electron chi connectivity index (χ1n) is 20.8. The zero-order chi connectivity index (χ0) is 38.6. The Balaban J connectivity index is 1.28. The van der Waals surface area contributed by atoms with Gasteiger partial charge in [-0.2, -0.15) is 0 Å². The Kier molecular flexibility index (Phi) is 11.9. The molecule has 2 amide bonds. The van der Waals surface area contributed by atoms with Gasteiger partial charge in [-0.3, -0.25) is 4.79 Å². The van der Waals surface area contributed by atoms with Gasteiger partial charge in [0.25, 0.3) is 0 Å². The molecule has 0 saturated heterocycles. The van der Waals surface area contributed by atoms with Crippen molar-refractivity contribution in [3.8, 4) is 0 Å². The highest BCUT2D eigenvalue weighted by atomic mass is 16.3. The van der Waals surface area contributed by atoms with Gasteiger partial charge in [0.2, 0.25) is 0 Å². The lowest BCUT2D eigenvalue weighted by Gasteiger charge is -2.46. The summed E-state index contributed by atoms with van der Waals surface area (Å²) < 4.78 is 0. The number of urea groups is 1. The van der Waals surface area contributed by atoms with Crippen molar-refractivity contribution < 1.29 is 19.8 Å². The number of allylic oxidation sites excluding steroid dienone is 2. The molecule has 4 aromatic rings. The highest BCUT2D eigenvalue weighted by molar-refractivity contribution is 5.99. The number of amides is 2. The molecule has 8 rings (SSSR count). The van der Waals surface area contributed by atoms with Gasteiger partial charge in [0, 0.05) is 23.4 Å². The molecule has 3 N–H and O–H groups in total. The summed E-state index contributed by atoms with van der Waals surface area (Å²) in [7, 11) is 0. The summed E-state index contributed by atoms with van der Waals surface area (Å²) in [4.78, 5) is 30.9. The Bertz CT molecular complexity index is 2000. The van der Waals surface area contributed by atoms with Crippen molar-refractivity contribution in [2.75, 3.05) is 6.54 Å². The lowest BCUT2D eigenvalue weighted by Crippen LogP contribution is -2.55. The van der Waals surface area contributed by atoms with Gasteiger partial charge < -0.3 is 20.4 Å². The van der Waals surface area contributed by atoms with E-state index in [0.717, 1.165) is 77.1 Å². The molecule has 2 saturated carbocycles. The predicted octanol–water partition coefficient (Wildman–Crippen LogP) is 10.6. The molecule has 55 heavy (non-hydrogen) atoms. The van der Waals surface area contributed by atoms with E-state index in [2.05, 4.69) is 67.7 Å². The second-order valence-electron chi connectivity index (χ2n) is 17.2. The number of fused-ring (bicyclic) bond motifs is 9. The van der Waals surface area contributed by atoms with Crippen LogP contribution in [0.2, 0.25) is 0 Å². The molecule has 290 valence electrons. The first-order chi connectivity index (χ1) is 26.5. The number of carbonyl (C=O) groups is 2. The molecular weight excluding hydrogens is 681 g/mol. The first kappa shape index (κ1) is 39.0. The number of nitrogens with zero attached hydrogens (tertiary/aromatic N) is 1. The van der Waals surface area contributed by atoms with E-state index < -0.39 is 17.1 Å². The van der Waals surface area contributed by atoms with Gasteiger partial charge in [0.05, 0.1) is 24.3 Å². The quantitative estimate of drug-likeness (QED) is 0.124. The third-order valence-corrected chi connectivity index (χ3v) is 13.5. The third-order valence-electron chi connectivity index (χ3n) is 13.5. The summed E-state index contributed by atoms with van der Waals surface area (Å²) in [5.41, 5.74) is 4.23. The number of nitrogens with one attached hydrogen (secondary N) is 1. The van der Waals surface area contributed by atoms with E-state index in [1.165, 1.54) is 12.0 Å². The zero-order valence-electron chi connectivity index (χ0n) is 33.1. The Hall–Kier alpha value is -4.26. The molecule has 0 spiro atoms. The molecule has 0 aliphatic heterocycles. The van der Waals surface area contributed by atoms with Crippen molar-refractivity contribution >= 4 is 22.6 Å². The summed E-state index contributed by atoms with van der Waals surface area (Å²) in [5.74, 6) is 0.148. The summed E-state index contributed by atoms with van der Waals surface area (Å²) in [6, 6.07) is 30.4. The maximum absolute atomic E-state index is 14.6. The Morgan fingerprint density at radius 1 is 0.891 bits per heavy atom. The van der Waals surface area contributed by atoms with E-state index in [0.29, 0.717) is 38.6 Å². The lowest BCUT2D eigenvalue weighted by molar-refractivity contribution is -0.0780. The van der Waals surface area contributed by atoms with Crippen molar-refractivity contribution in [1.82, 2.24) is 10.2 Å². The molecule has 6 heteroatoms. The summed E-state index contributed by atoms with van der Waals surface area (Å²) in [6.07, 6.45) is 11.7. The molecule has 4 aromatic carbocycles. The maximum atomic E-state index is 14.6. The minimum atomic E-state index is -1.23. The first-order valence-corrected chi connectivity index (χ1v) is 20.8. The van der Waals surface area contributed by atoms with Crippen LogP contribution in [0.3, 0.4) is 0 Å². The Morgan fingerprint density at radius 2 is 1.64 bits per heavy atom. The predicted molar refractivity (Wildman–Crippen MR) is 222 cm³/mol. The van der Waals surface area contributed by atoms with E-state index in [1.807, 2.05) is 60.4 Å². The van der Waals surface area contributed by atoms with Crippen molar-refractivity contribution in [3.05, 3.63) is 130 Å². The van der Waals surface area contributed by atoms with Gasteiger partial charge in [-0.05, 0) is 117 Å². The van der Waals surface area contributed by atoms with Gasteiger partial charge in [0.1, 0.15) is 0 Å². The number of Topliss-reactive ketones (excluding diaryl/α,β-unsaturated/α-hetero) is 1. The topological polar surface area (TPSA) is 89.9 Å². The average Bonchev–Trinajstić information content (AvgIpc) is 3.45. The van der Waals surface area contributed by atoms with Crippen LogP contribution < -0.4 is 5.32 Å². The minimum Gasteiger partial charge on any atom is -0.393 e. The Labute approximate surface area is 328 Å². The minimum absolute atomic E-state index is 0.00942.